The van der Waals surface area contributed by atoms with Crippen molar-refractivity contribution in [1.29, 1.82) is 0 Å². The van der Waals surface area contributed by atoms with Crippen LogP contribution in [0.15, 0.2) is 30.5 Å². The quantitative estimate of drug-likeness (QED) is 0.720. The van der Waals surface area contributed by atoms with Crippen LogP contribution < -0.4 is 5.32 Å². The van der Waals surface area contributed by atoms with Gasteiger partial charge in [0.15, 0.2) is 5.69 Å². The van der Waals surface area contributed by atoms with Gasteiger partial charge in [-0.2, -0.15) is 5.10 Å². The second kappa shape index (κ2) is 5.98. The molecule has 1 heterocycles. The third-order valence-corrected chi connectivity index (χ3v) is 2.65. The Hall–Kier alpha value is -2.67. The molecular formula is C13H13N3O4. The van der Waals surface area contributed by atoms with Gasteiger partial charge in [0.1, 0.15) is 0 Å². The summed E-state index contributed by atoms with van der Waals surface area (Å²) in [5.41, 5.74) is 1.29. The number of aromatic nitrogens is 2. The summed E-state index contributed by atoms with van der Waals surface area (Å²) < 4.78 is 4.56. The number of carbonyl (C=O) groups is 2. The molecule has 0 aliphatic carbocycles. The van der Waals surface area contributed by atoms with Crippen molar-refractivity contribution in [2.75, 3.05) is 12.4 Å². The fraction of sp³-hybridized carbons (Fsp3) is 0.154. The van der Waals surface area contributed by atoms with Crippen molar-refractivity contribution in [2.24, 2.45) is 0 Å². The van der Waals surface area contributed by atoms with Gasteiger partial charge in [0.2, 0.25) is 0 Å². The molecule has 0 atom stereocenters. The number of methoxy groups -OCH3 is 1. The highest BCUT2D eigenvalue weighted by atomic mass is 16.5. The second-order valence-electron chi connectivity index (χ2n) is 3.96. The number of nitrogens with zero attached hydrogens (tertiary/aromatic N) is 1. The number of aromatic amines is 1. The minimum absolute atomic E-state index is 0.0687. The monoisotopic (exact) mass is 275 g/mol. The van der Waals surface area contributed by atoms with Crippen molar-refractivity contribution in [3.63, 3.8) is 0 Å². The summed E-state index contributed by atoms with van der Waals surface area (Å²) >= 11 is 0. The zero-order valence-corrected chi connectivity index (χ0v) is 10.7. The maximum Gasteiger partial charge on any atom is 0.358 e. The highest BCUT2D eigenvalue weighted by Gasteiger charge is 2.17. The van der Waals surface area contributed by atoms with E-state index in [2.05, 4.69) is 20.3 Å². The summed E-state index contributed by atoms with van der Waals surface area (Å²) in [4.78, 5) is 23.5. The molecule has 1 aromatic heterocycles. The predicted molar refractivity (Wildman–Crippen MR) is 70.2 cm³/mol. The molecule has 0 saturated carbocycles. The van der Waals surface area contributed by atoms with E-state index in [0.717, 1.165) is 0 Å². The lowest BCUT2D eigenvalue weighted by atomic mass is 10.1. The average molecular weight is 275 g/mol. The van der Waals surface area contributed by atoms with E-state index in [9.17, 15) is 9.59 Å². The number of carbonyl (C=O) groups excluding carboxylic acids is 2. The van der Waals surface area contributed by atoms with Gasteiger partial charge < -0.3 is 15.2 Å². The molecule has 0 bridgehead atoms. The number of aliphatic hydroxyl groups is 1. The maximum atomic E-state index is 12.1. The Morgan fingerprint density at radius 3 is 2.95 bits per heavy atom. The van der Waals surface area contributed by atoms with Gasteiger partial charge in [0.05, 0.1) is 25.6 Å². The number of hydrogen-bond acceptors (Lipinski definition) is 5. The molecular weight excluding hydrogens is 262 g/mol. The Bertz CT molecular complexity index is 636. The SMILES string of the molecule is COC(=O)c1[nH]ncc1NC(=O)c1cccc(CO)c1. The van der Waals surface area contributed by atoms with E-state index in [0.29, 0.717) is 11.1 Å². The van der Waals surface area contributed by atoms with Crippen LogP contribution in [0.25, 0.3) is 0 Å². The smallest absolute Gasteiger partial charge is 0.358 e. The molecule has 0 spiro atoms. The van der Waals surface area contributed by atoms with Crippen molar-refractivity contribution >= 4 is 17.6 Å². The molecule has 0 unspecified atom stereocenters. The highest BCUT2D eigenvalue weighted by Crippen LogP contribution is 2.15. The second-order valence-corrected chi connectivity index (χ2v) is 3.96. The van der Waals surface area contributed by atoms with Crippen molar-refractivity contribution in [3.8, 4) is 0 Å². The van der Waals surface area contributed by atoms with Crippen molar-refractivity contribution in [1.82, 2.24) is 10.2 Å². The molecule has 104 valence electrons. The Morgan fingerprint density at radius 2 is 2.25 bits per heavy atom. The van der Waals surface area contributed by atoms with E-state index < -0.39 is 11.9 Å². The molecule has 0 fully saturated rings. The Morgan fingerprint density at radius 1 is 1.45 bits per heavy atom. The lowest BCUT2D eigenvalue weighted by Gasteiger charge is -2.06. The van der Waals surface area contributed by atoms with Crippen LogP contribution in [0.5, 0.6) is 0 Å². The van der Waals surface area contributed by atoms with Gasteiger partial charge in [0, 0.05) is 5.56 Å². The Balaban J connectivity index is 2.19. The first kappa shape index (κ1) is 13.8. The minimum atomic E-state index is -0.623. The largest absolute Gasteiger partial charge is 0.464 e. The highest BCUT2D eigenvalue weighted by molar-refractivity contribution is 6.07. The van der Waals surface area contributed by atoms with E-state index >= 15 is 0 Å². The van der Waals surface area contributed by atoms with Crippen molar-refractivity contribution < 1.29 is 19.4 Å². The number of anilines is 1. The summed E-state index contributed by atoms with van der Waals surface area (Å²) in [6.07, 6.45) is 1.32. The van der Waals surface area contributed by atoms with Gasteiger partial charge in [-0.3, -0.25) is 9.89 Å². The first-order chi connectivity index (χ1) is 9.65. The molecule has 20 heavy (non-hydrogen) atoms. The van der Waals surface area contributed by atoms with E-state index in [1.54, 1.807) is 24.3 Å². The predicted octanol–water partition coefficient (Wildman–Crippen LogP) is 0.941. The van der Waals surface area contributed by atoms with Gasteiger partial charge in [-0.1, -0.05) is 12.1 Å². The number of esters is 1. The molecule has 7 nitrogen and oxygen atoms in total. The van der Waals surface area contributed by atoms with E-state index in [1.165, 1.54) is 13.3 Å². The third kappa shape index (κ3) is 2.83. The van der Waals surface area contributed by atoms with E-state index in [4.69, 9.17) is 5.11 Å². The zero-order valence-electron chi connectivity index (χ0n) is 10.7. The van der Waals surface area contributed by atoms with Crippen molar-refractivity contribution in [3.05, 3.63) is 47.3 Å². The van der Waals surface area contributed by atoms with Crippen LogP contribution in [-0.4, -0.2) is 34.3 Å². The van der Waals surface area contributed by atoms with Gasteiger partial charge in [-0.05, 0) is 17.7 Å². The molecule has 3 N–H and O–H groups in total. The first-order valence-electron chi connectivity index (χ1n) is 5.78. The molecule has 2 aromatic rings. The number of H-pyrrole nitrogens is 1. The molecule has 0 aliphatic rings. The molecule has 7 heteroatoms. The summed E-state index contributed by atoms with van der Waals surface area (Å²) in [6, 6.07) is 6.53. The number of hydrogen-bond donors (Lipinski definition) is 3. The van der Waals surface area contributed by atoms with Crippen LogP contribution in [0, 0.1) is 0 Å². The van der Waals surface area contributed by atoms with Crippen LogP contribution in [0.1, 0.15) is 26.4 Å². The number of aliphatic hydroxyl groups excluding tert-OH is 1. The molecule has 1 amide bonds. The third-order valence-electron chi connectivity index (χ3n) is 2.65. The van der Waals surface area contributed by atoms with Gasteiger partial charge in [0.25, 0.3) is 5.91 Å². The summed E-state index contributed by atoms with van der Waals surface area (Å²) in [5, 5.41) is 17.7. The normalized spacial score (nSPS) is 10.1. The van der Waals surface area contributed by atoms with Gasteiger partial charge >= 0.3 is 5.97 Å². The molecule has 1 aromatic carbocycles. The van der Waals surface area contributed by atoms with Crippen LogP contribution in [0.4, 0.5) is 5.69 Å². The molecule has 0 saturated heterocycles. The Labute approximate surface area is 114 Å². The first-order valence-corrected chi connectivity index (χ1v) is 5.78. The lowest BCUT2D eigenvalue weighted by Crippen LogP contribution is -2.15. The molecule has 0 aliphatic heterocycles. The lowest BCUT2D eigenvalue weighted by molar-refractivity contribution is 0.0595. The van der Waals surface area contributed by atoms with Crippen LogP contribution >= 0.6 is 0 Å². The van der Waals surface area contributed by atoms with Crippen LogP contribution in [0.3, 0.4) is 0 Å². The fourth-order valence-electron chi connectivity index (χ4n) is 1.64. The van der Waals surface area contributed by atoms with E-state index in [-0.39, 0.29) is 18.0 Å². The summed E-state index contributed by atoms with van der Waals surface area (Å²) in [6.45, 7) is -0.153. The number of nitrogens with one attached hydrogen (secondary N) is 2. The standard InChI is InChI=1S/C13H13N3O4/c1-20-13(19)11-10(6-14-16-11)15-12(18)9-4-2-3-8(5-9)7-17/h2-6,17H,7H2,1H3,(H,14,16)(H,15,18). The zero-order chi connectivity index (χ0) is 14.5. The number of rotatable bonds is 4. The van der Waals surface area contributed by atoms with Gasteiger partial charge in [-0.15, -0.1) is 0 Å². The molecule has 0 radical (unpaired) electrons. The minimum Gasteiger partial charge on any atom is -0.464 e. The summed E-state index contributed by atoms with van der Waals surface area (Å²) in [5.74, 6) is -1.03. The average Bonchev–Trinajstić information content (AvgIpc) is 2.94. The number of ether oxygens (including phenoxy) is 1. The Kier molecular flexibility index (Phi) is 4.11. The van der Waals surface area contributed by atoms with Gasteiger partial charge in [-0.25, -0.2) is 4.79 Å². The number of benzene rings is 1. The maximum absolute atomic E-state index is 12.1. The topological polar surface area (TPSA) is 104 Å². The molecule has 2 rings (SSSR count). The summed E-state index contributed by atoms with van der Waals surface area (Å²) in [7, 11) is 1.24. The van der Waals surface area contributed by atoms with Crippen LogP contribution in [-0.2, 0) is 11.3 Å². The fourth-order valence-corrected chi connectivity index (χ4v) is 1.64. The van der Waals surface area contributed by atoms with Crippen LogP contribution in [0.2, 0.25) is 0 Å². The van der Waals surface area contributed by atoms with E-state index in [1.807, 2.05) is 0 Å². The number of amides is 1. The van der Waals surface area contributed by atoms with Crippen molar-refractivity contribution in [2.45, 2.75) is 6.61 Å².